The molecular weight excluding hydrogens is 373 g/mol. The van der Waals surface area contributed by atoms with Gasteiger partial charge < -0.3 is 10.4 Å². The Morgan fingerprint density at radius 1 is 1.19 bits per heavy atom. The van der Waals surface area contributed by atoms with Crippen LogP contribution in [0.2, 0.25) is 10.0 Å². The number of hydrogen-bond donors (Lipinski definition) is 2. The van der Waals surface area contributed by atoms with Gasteiger partial charge >= 0.3 is 0 Å². The van der Waals surface area contributed by atoms with E-state index in [1.54, 1.807) is 0 Å². The molecule has 1 atom stereocenters. The van der Waals surface area contributed by atoms with Crippen LogP contribution in [0.25, 0.3) is 0 Å². The molecule has 0 bridgehead atoms. The van der Waals surface area contributed by atoms with E-state index in [2.05, 4.69) is 21.2 Å². The Bertz CT molecular complexity index is 629. The largest absolute Gasteiger partial charge is 0.394 e. The van der Waals surface area contributed by atoms with E-state index in [-0.39, 0.29) is 6.61 Å². The van der Waals surface area contributed by atoms with Gasteiger partial charge in [0.05, 0.1) is 17.2 Å². The molecular formula is C16H16BrCl2NO. The van der Waals surface area contributed by atoms with Gasteiger partial charge in [0.2, 0.25) is 0 Å². The number of aliphatic hydroxyl groups excluding tert-OH is 1. The van der Waals surface area contributed by atoms with E-state index in [0.29, 0.717) is 16.5 Å². The zero-order chi connectivity index (χ0) is 15.5. The minimum atomic E-state index is -0.585. The van der Waals surface area contributed by atoms with Gasteiger partial charge in [-0.1, -0.05) is 42.3 Å². The lowest BCUT2D eigenvalue weighted by atomic mass is 9.87. The Hall–Kier alpha value is -0.740. The van der Waals surface area contributed by atoms with Crippen molar-refractivity contribution in [3.8, 4) is 0 Å². The summed E-state index contributed by atoms with van der Waals surface area (Å²) in [6.07, 6.45) is 0.712. The maximum atomic E-state index is 9.96. The quantitative estimate of drug-likeness (QED) is 0.712. The van der Waals surface area contributed by atoms with Crippen LogP contribution in [0.15, 0.2) is 46.9 Å². The minimum absolute atomic E-state index is 0.0376. The number of nitrogens with one attached hydrogen (secondary N) is 1. The molecule has 2 nitrogen and oxygen atoms in total. The van der Waals surface area contributed by atoms with Gasteiger partial charge in [-0.2, -0.15) is 0 Å². The Balaban J connectivity index is 2.40. The van der Waals surface area contributed by atoms with Crippen LogP contribution in [-0.2, 0) is 5.54 Å². The van der Waals surface area contributed by atoms with E-state index in [1.165, 1.54) is 0 Å². The number of rotatable bonds is 5. The zero-order valence-corrected chi connectivity index (χ0v) is 14.6. The smallest absolute Gasteiger partial charge is 0.0854 e. The fraction of sp³-hybridized carbons (Fsp3) is 0.250. The van der Waals surface area contributed by atoms with Crippen molar-refractivity contribution in [3.63, 3.8) is 0 Å². The molecule has 112 valence electrons. The second-order valence-electron chi connectivity index (χ2n) is 4.86. The average Bonchev–Trinajstić information content (AvgIpc) is 2.48. The van der Waals surface area contributed by atoms with Crippen molar-refractivity contribution in [2.24, 2.45) is 0 Å². The molecule has 0 aromatic heterocycles. The number of aliphatic hydroxyl groups is 1. The topological polar surface area (TPSA) is 32.3 Å². The maximum Gasteiger partial charge on any atom is 0.0854 e. The molecule has 2 aromatic rings. The molecule has 0 aliphatic rings. The van der Waals surface area contributed by atoms with E-state index in [9.17, 15) is 5.11 Å². The third-order valence-electron chi connectivity index (χ3n) is 3.55. The van der Waals surface area contributed by atoms with E-state index in [1.807, 2.05) is 49.4 Å². The predicted octanol–water partition coefficient (Wildman–Crippen LogP) is 5.47. The summed E-state index contributed by atoms with van der Waals surface area (Å²) in [4.78, 5) is 0. The lowest BCUT2D eigenvalue weighted by Gasteiger charge is -2.34. The molecule has 21 heavy (non-hydrogen) atoms. The Labute approximate surface area is 143 Å². The standard InChI is InChI=1S/C16H16BrCl2NO/c1-2-16(10-21,11-4-3-5-12(18)8-11)20-13-6-7-15(19)14(17)9-13/h3-9,20-21H,2,10H2,1H3. The Morgan fingerprint density at radius 3 is 2.52 bits per heavy atom. The van der Waals surface area contributed by atoms with Crippen LogP contribution in [0.5, 0.6) is 0 Å². The Morgan fingerprint density at radius 2 is 1.95 bits per heavy atom. The van der Waals surface area contributed by atoms with Gasteiger partial charge in [-0.3, -0.25) is 0 Å². The molecule has 2 aromatic carbocycles. The second kappa shape index (κ2) is 7.01. The summed E-state index contributed by atoms with van der Waals surface area (Å²) in [5.74, 6) is 0. The summed E-state index contributed by atoms with van der Waals surface area (Å²) in [6, 6.07) is 13.1. The molecule has 0 spiro atoms. The predicted molar refractivity (Wildman–Crippen MR) is 93.3 cm³/mol. The van der Waals surface area contributed by atoms with E-state index < -0.39 is 5.54 Å². The first-order valence-corrected chi connectivity index (χ1v) is 8.16. The van der Waals surface area contributed by atoms with Crippen LogP contribution in [-0.4, -0.2) is 11.7 Å². The van der Waals surface area contributed by atoms with Gasteiger partial charge in [-0.15, -0.1) is 0 Å². The monoisotopic (exact) mass is 387 g/mol. The number of halogens is 3. The van der Waals surface area contributed by atoms with Crippen molar-refractivity contribution < 1.29 is 5.11 Å². The van der Waals surface area contributed by atoms with Crippen LogP contribution in [0.3, 0.4) is 0 Å². The first-order chi connectivity index (χ1) is 10.0. The van der Waals surface area contributed by atoms with Crippen molar-refractivity contribution in [1.82, 2.24) is 0 Å². The molecule has 0 aliphatic carbocycles. The molecule has 0 saturated carbocycles. The summed E-state index contributed by atoms with van der Waals surface area (Å²) >= 11 is 15.5. The van der Waals surface area contributed by atoms with Gasteiger partial charge in [-0.25, -0.2) is 0 Å². The molecule has 0 aliphatic heterocycles. The second-order valence-corrected chi connectivity index (χ2v) is 6.56. The van der Waals surface area contributed by atoms with E-state index >= 15 is 0 Å². The minimum Gasteiger partial charge on any atom is -0.394 e. The summed E-state index contributed by atoms with van der Waals surface area (Å²) < 4.78 is 0.809. The molecule has 2 N–H and O–H groups in total. The van der Waals surface area contributed by atoms with Crippen molar-refractivity contribution in [2.75, 3.05) is 11.9 Å². The van der Waals surface area contributed by atoms with Gasteiger partial charge in [-0.05, 0) is 58.2 Å². The van der Waals surface area contributed by atoms with Crippen molar-refractivity contribution in [2.45, 2.75) is 18.9 Å². The molecule has 0 fully saturated rings. The Kier molecular flexibility index (Phi) is 5.55. The molecule has 2 rings (SSSR count). The van der Waals surface area contributed by atoms with Crippen molar-refractivity contribution >= 4 is 44.8 Å². The maximum absolute atomic E-state index is 9.96. The summed E-state index contributed by atoms with van der Waals surface area (Å²) in [5.41, 5.74) is 1.24. The van der Waals surface area contributed by atoms with Gasteiger partial charge in [0.25, 0.3) is 0 Å². The van der Waals surface area contributed by atoms with Crippen LogP contribution in [0, 0.1) is 0 Å². The summed E-state index contributed by atoms with van der Waals surface area (Å²) in [6.45, 7) is 1.99. The zero-order valence-electron chi connectivity index (χ0n) is 11.5. The van der Waals surface area contributed by atoms with Gasteiger partial charge in [0.1, 0.15) is 0 Å². The van der Waals surface area contributed by atoms with Crippen LogP contribution in [0.4, 0.5) is 5.69 Å². The lowest BCUT2D eigenvalue weighted by molar-refractivity contribution is 0.207. The SMILES string of the molecule is CCC(CO)(Nc1ccc(Cl)c(Br)c1)c1cccc(Cl)c1. The van der Waals surface area contributed by atoms with Gasteiger partial charge in [0.15, 0.2) is 0 Å². The fourth-order valence-electron chi connectivity index (χ4n) is 2.24. The van der Waals surface area contributed by atoms with Crippen LogP contribution < -0.4 is 5.32 Å². The molecule has 0 amide bonds. The third-order valence-corrected chi connectivity index (χ3v) is 5.00. The highest BCUT2D eigenvalue weighted by molar-refractivity contribution is 9.10. The molecule has 5 heteroatoms. The highest BCUT2D eigenvalue weighted by Gasteiger charge is 2.29. The fourth-order valence-corrected chi connectivity index (χ4v) is 2.93. The molecule has 0 saturated heterocycles. The number of anilines is 1. The third kappa shape index (κ3) is 3.72. The normalized spacial score (nSPS) is 13.8. The molecule has 1 unspecified atom stereocenters. The van der Waals surface area contributed by atoms with Crippen LogP contribution >= 0.6 is 39.1 Å². The van der Waals surface area contributed by atoms with Gasteiger partial charge in [0, 0.05) is 15.2 Å². The van der Waals surface area contributed by atoms with E-state index in [4.69, 9.17) is 23.2 Å². The average molecular weight is 389 g/mol. The summed E-state index contributed by atoms with van der Waals surface area (Å²) in [7, 11) is 0. The molecule has 0 heterocycles. The molecule has 0 radical (unpaired) electrons. The number of benzene rings is 2. The van der Waals surface area contributed by atoms with Crippen molar-refractivity contribution in [3.05, 3.63) is 62.5 Å². The number of hydrogen-bond acceptors (Lipinski definition) is 2. The first-order valence-electron chi connectivity index (χ1n) is 6.61. The highest BCUT2D eigenvalue weighted by atomic mass is 79.9. The first kappa shape index (κ1) is 16.6. The van der Waals surface area contributed by atoms with E-state index in [0.717, 1.165) is 15.7 Å². The van der Waals surface area contributed by atoms with Crippen molar-refractivity contribution in [1.29, 1.82) is 0 Å². The van der Waals surface area contributed by atoms with Crippen LogP contribution in [0.1, 0.15) is 18.9 Å². The highest BCUT2D eigenvalue weighted by Crippen LogP contribution is 2.33. The lowest BCUT2D eigenvalue weighted by Crippen LogP contribution is -2.38. The summed E-state index contributed by atoms with van der Waals surface area (Å²) in [5, 5.41) is 14.7.